The number of hydrogen-bond acceptors (Lipinski definition) is 3. The largest absolute Gasteiger partial charge is 0.370 e. The second-order valence-corrected chi connectivity index (χ2v) is 6.67. The van der Waals surface area contributed by atoms with E-state index in [0.717, 1.165) is 22.1 Å². The maximum atomic E-state index is 11.0. The first-order valence-corrected chi connectivity index (χ1v) is 8.82. The number of amides is 1. The third kappa shape index (κ3) is 3.80. The van der Waals surface area contributed by atoms with E-state index in [4.69, 9.17) is 17.3 Å². The summed E-state index contributed by atoms with van der Waals surface area (Å²) in [6.07, 6.45) is 2.16. The normalized spacial score (nSPS) is 10.7. The predicted molar refractivity (Wildman–Crippen MR) is 98.5 cm³/mol. The summed E-state index contributed by atoms with van der Waals surface area (Å²) < 4.78 is 2.08. The van der Waals surface area contributed by atoms with Gasteiger partial charge in [0.2, 0.25) is 5.91 Å². The van der Waals surface area contributed by atoms with Crippen molar-refractivity contribution in [2.75, 3.05) is 5.75 Å². The fourth-order valence-corrected chi connectivity index (χ4v) is 3.40. The fraction of sp³-hybridized carbons (Fsp3) is 0.111. The fourth-order valence-electron chi connectivity index (χ4n) is 2.33. The summed E-state index contributed by atoms with van der Waals surface area (Å²) in [7, 11) is 0. The Balaban J connectivity index is 2.01. The number of halogens is 1. The number of aromatic nitrogens is 2. The summed E-state index contributed by atoms with van der Waals surface area (Å²) in [6.45, 7) is 0. The molecule has 0 aliphatic carbocycles. The molecule has 0 aliphatic rings. The molecule has 3 aromatic rings. The molecule has 0 radical (unpaired) electrons. The number of para-hydroxylation sites is 1. The smallest absolute Gasteiger partial charge is 0.218 e. The third-order valence-corrected chi connectivity index (χ3v) is 4.67. The Morgan fingerprint density at radius 3 is 2.50 bits per heavy atom. The van der Waals surface area contributed by atoms with Crippen LogP contribution in [0.1, 0.15) is 6.42 Å². The maximum Gasteiger partial charge on any atom is 0.218 e. The Morgan fingerprint density at radius 1 is 1.12 bits per heavy atom. The van der Waals surface area contributed by atoms with Crippen molar-refractivity contribution < 1.29 is 4.79 Å². The van der Waals surface area contributed by atoms with Gasteiger partial charge in [0.15, 0.2) is 5.16 Å². The van der Waals surface area contributed by atoms with E-state index in [1.807, 2.05) is 60.8 Å². The van der Waals surface area contributed by atoms with Gasteiger partial charge in [-0.15, -0.1) is 0 Å². The van der Waals surface area contributed by atoms with Crippen molar-refractivity contribution in [3.05, 3.63) is 65.8 Å². The molecule has 4 nitrogen and oxygen atoms in total. The molecule has 0 saturated carbocycles. The Morgan fingerprint density at radius 2 is 1.83 bits per heavy atom. The Bertz CT molecular complexity index is 831. The van der Waals surface area contributed by atoms with E-state index < -0.39 is 0 Å². The summed E-state index contributed by atoms with van der Waals surface area (Å²) >= 11 is 7.50. The van der Waals surface area contributed by atoms with E-state index in [1.165, 1.54) is 11.8 Å². The highest BCUT2D eigenvalue weighted by Gasteiger charge is 2.14. The van der Waals surface area contributed by atoms with Gasteiger partial charge in [0.05, 0.1) is 11.9 Å². The predicted octanol–water partition coefficient (Wildman–Crippen LogP) is 4.16. The van der Waals surface area contributed by atoms with Crippen LogP contribution in [0.15, 0.2) is 66.0 Å². The zero-order valence-electron chi connectivity index (χ0n) is 12.9. The number of primary amides is 1. The van der Waals surface area contributed by atoms with Crippen LogP contribution in [0.5, 0.6) is 0 Å². The van der Waals surface area contributed by atoms with E-state index in [9.17, 15) is 4.79 Å². The summed E-state index contributed by atoms with van der Waals surface area (Å²) in [4.78, 5) is 15.5. The molecular formula is C18H16ClN3OS. The highest BCUT2D eigenvalue weighted by molar-refractivity contribution is 7.99. The van der Waals surface area contributed by atoms with Crippen molar-refractivity contribution in [1.29, 1.82) is 0 Å². The molecule has 6 heteroatoms. The maximum absolute atomic E-state index is 11.0. The molecule has 0 aliphatic heterocycles. The van der Waals surface area contributed by atoms with E-state index in [0.29, 0.717) is 17.2 Å². The molecule has 0 unspecified atom stereocenters. The van der Waals surface area contributed by atoms with Gasteiger partial charge in [-0.05, 0) is 24.3 Å². The minimum absolute atomic E-state index is 0.307. The zero-order chi connectivity index (χ0) is 16.9. The Labute approximate surface area is 149 Å². The molecule has 1 heterocycles. The van der Waals surface area contributed by atoms with E-state index in [-0.39, 0.29) is 5.91 Å². The minimum Gasteiger partial charge on any atom is -0.370 e. The molecule has 0 fully saturated rings. The number of carbonyl (C=O) groups is 1. The van der Waals surface area contributed by atoms with E-state index in [1.54, 1.807) is 0 Å². The number of carbonyl (C=O) groups excluding carboxylic acids is 1. The van der Waals surface area contributed by atoms with Gasteiger partial charge in [0, 0.05) is 28.4 Å². The number of nitrogens with two attached hydrogens (primary N) is 1. The average molecular weight is 358 g/mol. The SMILES string of the molecule is NC(=O)CCSc1ncc(-c2ccc(Cl)cc2)n1-c1ccccc1. The zero-order valence-corrected chi connectivity index (χ0v) is 14.4. The highest BCUT2D eigenvalue weighted by atomic mass is 35.5. The van der Waals surface area contributed by atoms with Crippen molar-refractivity contribution in [2.45, 2.75) is 11.6 Å². The molecule has 2 aromatic carbocycles. The molecular weight excluding hydrogens is 342 g/mol. The molecule has 3 rings (SSSR count). The van der Waals surface area contributed by atoms with Gasteiger partial charge in [-0.3, -0.25) is 9.36 Å². The summed E-state index contributed by atoms with van der Waals surface area (Å²) in [5, 5.41) is 1.52. The lowest BCUT2D eigenvalue weighted by Crippen LogP contribution is -2.11. The molecule has 2 N–H and O–H groups in total. The quantitative estimate of drug-likeness (QED) is 0.674. The third-order valence-electron chi connectivity index (χ3n) is 3.46. The summed E-state index contributed by atoms with van der Waals surface area (Å²) in [5.74, 6) is 0.289. The lowest BCUT2D eigenvalue weighted by atomic mass is 10.1. The van der Waals surface area contributed by atoms with Crippen molar-refractivity contribution >= 4 is 29.3 Å². The topological polar surface area (TPSA) is 60.9 Å². The lowest BCUT2D eigenvalue weighted by molar-refractivity contribution is -0.117. The Hall–Kier alpha value is -2.24. The van der Waals surface area contributed by atoms with Crippen LogP contribution in [-0.4, -0.2) is 21.2 Å². The van der Waals surface area contributed by atoms with Crippen LogP contribution in [-0.2, 0) is 4.79 Å². The molecule has 0 spiro atoms. The first-order valence-electron chi connectivity index (χ1n) is 7.45. The van der Waals surface area contributed by atoms with Crippen molar-refractivity contribution in [3.8, 4) is 16.9 Å². The summed E-state index contributed by atoms with van der Waals surface area (Å²) in [6, 6.07) is 17.7. The molecule has 1 amide bonds. The van der Waals surface area contributed by atoms with Gasteiger partial charge in [-0.25, -0.2) is 4.98 Å². The second kappa shape index (κ2) is 7.55. The van der Waals surface area contributed by atoms with Crippen LogP contribution in [0.25, 0.3) is 16.9 Å². The number of benzene rings is 2. The van der Waals surface area contributed by atoms with Gasteiger partial charge in [0.1, 0.15) is 0 Å². The van der Waals surface area contributed by atoms with Crippen molar-refractivity contribution in [3.63, 3.8) is 0 Å². The second-order valence-electron chi connectivity index (χ2n) is 5.17. The standard InChI is InChI=1S/C18H16ClN3OS/c19-14-8-6-13(7-9-14)16-12-21-18(24-11-10-17(20)23)22(16)15-4-2-1-3-5-15/h1-9,12H,10-11H2,(H2,20,23). The van der Waals surface area contributed by atoms with Gasteiger partial charge in [0.25, 0.3) is 0 Å². The minimum atomic E-state index is -0.307. The van der Waals surface area contributed by atoms with Crippen LogP contribution >= 0.6 is 23.4 Å². The highest BCUT2D eigenvalue weighted by Crippen LogP contribution is 2.30. The number of thioether (sulfide) groups is 1. The van der Waals surface area contributed by atoms with E-state index in [2.05, 4.69) is 9.55 Å². The number of hydrogen-bond donors (Lipinski definition) is 1. The van der Waals surface area contributed by atoms with Crippen LogP contribution in [0.2, 0.25) is 5.02 Å². The molecule has 0 atom stereocenters. The first-order chi connectivity index (χ1) is 11.6. The van der Waals surface area contributed by atoms with Gasteiger partial charge in [-0.1, -0.05) is 53.7 Å². The van der Waals surface area contributed by atoms with Crippen LogP contribution < -0.4 is 5.73 Å². The van der Waals surface area contributed by atoms with Gasteiger partial charge >= 0.3 is 0 Å². The molecule has 0 bridgehead atoms. The van der Waals surface area contributed by atoms with Crippen LogP contribution in [0, 0.1) is 0 Å². The number of rotatable bonds is 6. The summed E-state index contributed by atoms with van der Waals surface area (Å²) in [5.41, 5.74) is 8.24. The monoisotopic (exact) mass is 357 g/mol. The van der Waals surface area contributed by atoms with Crippen molar-refractivity contribution in [2.24, 2.45) is 5.73 Å². The molecule has 122 valence electrons. The molecule has 0 saturated heterocycles. The Kier molecular flexibility index (Phi) is 5.23. The first kappa shape index (κ1) is 16.6. The van der Waals surface area contributed by atoms with Crippen LogP contribution in [0.3, 0.4) is 0 Å². The molecule has 1 aromatic heterocycles. The lowest BCUT2D eigenvalue weighted by Gasteiger charge is -2.12. The van der Waals surface area contributed by atoms with Gasteiger partial charge in [-0.2, -0.15) is 0 Å². The van der Waals surface area contributed by atoms with Gasteiger partial charge < -0.3 is 5.73 Å². The molecule has 24 heavy (non-hydrogen) atoms. The number of imidazole rings is 1. The number of nitrogens with zero attached hydrogens (tertiary/aromatic N) is 2. The van der Waals surface area contributed by atoms with Crippen LogP contribution in [0.4, 0.5) is 0 Å². The van der Waals surface area contributed by atoms with Crippen molar-refractivity contribution in [1.82, 2.24) is 9.55 Å². The average Bonchev–Trinajstić information content (AvgIpc) is 3.00. The van der Waals surface area contributed by atoms with E-state index >= 15 is 0 Å².